The van der Waals surface area contributed by atoms with Gasteiger partial charge in [0.15, 0.2) is 0 Å². The molecule has 1 aromatic heterocycles. The van der Waals surface area contributed by atoms with E-state index in [0.29, 0.717) is 6.54 Å². The first-order valence-electron chi connectivity index (χ1n) is 5.09. The fourth-order valence-electron chi connectivity index (χ4n) is 1.49. The van der Waals surface area contributed by atoms with Crippen molar-refractivity contribution in [2.75, 3.05) is 0 Å². The Labute approximate surface area is 85.5 Å². The van der Waals surface area contributed by atoms with Crippen molar-refractivity contribution in [3.05, 3.63) is 11.6 Å². The Balaban J connectivity index is 2.92. The lowest BCUT2D eigenvalue weighted by Crippen LogP contribution is -2.16. The Morgan fingerprint density at radius 3 is 2.21 bits per heavy atom. The van der Waals surface area contributed by atoms with Crippen LogP contribution >= 0.6 is 0 Å². The van der Waals surface area contributed by atoms with E-state index in [2.05, 4.69) is 42.5 Å². The molecule has 0 radical (unpaired) electrons. The second-order valence-corrected chi connectivity index (χ2v) is 4.72. The highest BCUT2D eigenvalue weighted by Crippen LogP contribution is 2.19. The van der Waals surface area contributed by atoms with Gasteiger partial charge in [-0.2, -0.15) is 0 Å². The molecule has 0 aromatic carbocycles. The molecule has 0 bridgehead atoms. The standard InChI is InChI=1S/C10H20N4/c1-5-14-8(6-10(2,3)4)12-13-9(14)7-11/h5-7,11H2,1-4H3. The topological polar surface area (TPSA) is 56.7 Å². The number of aromatic nitrogens is 3. The molecule has 0 unspecified atom stereocenters. The largest absolute Gasteiger partial charge is 0.324 e. The summed E-state index contributed by atoms with van der Waals surface area (Å²) in [6.07, 6.45) is 0.938. The number of nitrogens with zero attached hydrogens (tertiary/aromatic N) is 3. The van der Waals surface area contributed by atoms with Gasteiger partial charge < -0.3 is 10.3 Å². The number of nitrogens with two attached hydrogens (primary N) is 1. The molecule has 0 spiro atoms. The van der Waals surface area contributed by atoms with Crippen molar-refractivity contribution in [1.82, 2.24) is 14.8 Å². The fourth-order valence-corrected chi connectivity index (χ4v) is 1.49. The molecule has 0 aliphatic carbocycles. The van der Waals surface area contributed by atoms with E-state index < -0.39 is 0 Å². The van der Waals surface area contributed by atoms with Gasteiger partial charge in [0.2, 0.25) is 0 Å². The van der Waals surface area contributed by atoms with Crippen LogP contribution in [0.4, 0.5) is 0 Å². The van der Waals surface area contributed by atoms with Crippen LogP contribution in [0.25, 0.3) is 0 Å². The first kappa shape index (κ1) is 11.2. The average molecular weight is 196 g/mol. The van der Waals surface area contributed by atoms with Crippen LogP contribution < -0.4 is 5.73 Å². The molecular formula is C10H20N4. The van der Waals surface area contributed by atoms with Gasteiger partial charge in [0.25, 0.3) is 0 Å². The molecule has 4 nitrogen and oxygen atoms in total. The molecule has 0 saturated carbocycles. The minimum atomic E-state index is 0.242. The molecule has 0 amide bonds. The highest BCUT2D eigenvalue weighted by molar-refractivity contribution is 4.97. The van der Waals surface area contributed by atoms with E-state index in [1.165, 1.54) is 0 Å². The summed E-state index contributed by atoms with van der Waals surface area (Å²) < 4.78 is 2.10. The lowest BCUT2D eigenvalue weighted by atomic mass is 9.92. The molecule has 0 saturated heterocycles. The first-order chi connectivity index (χ1) is 6.48. The van der Waals surface area contributed by atoms with Crippen LogP contribution in [-0.2, 0) is 19.5 Å². The van der Waals surface area contributed by atoms with Crippen LogP contribution in [0.3, 0.4) is 0 Å². The molecule has 0 aliphatic heterocycles. The smallest absolute Gasteiger partial charge is 0.146 e. The van der Waals surface area contributed by atoms with Crippen LogP contribution in [-0.4, -0.2) is 14.8 Å². The van der Waals surface area contributed by atoms with Gasteiger partial charge >= 0.3 is 0 Å². The van der Waals surface area contributed by atoms with E-state index in [0.717, 1.165) is 24.6 Å². The predicted octanol–water partition coefficient (Wildman–Crippen LogP) is 1.35. The molecule has 14 heavy (non-hydrogen) atoms. The van der Waals surface area contributed by atoms with Crippen LogP contribution in [0.1, 0.15) is 39.3 Å². The normalized spacial score (nSPS) is 12.1. The Kier molecular flexibility index (Phi) is 3.26. The summed E-state index contributed by atoms with van der Waals surface area (Å²) in [5.41, 5.74) is 5.82. The second-order valence-electron chi connectivity index (χ2n) is 4.72. The summed E-state index contributed by atoms with van der Waals surface area (Å²) in [6, 6.07) is 0. The van der Waals surface area contributed by atoms with Gasteiger partial charge in [0.1, 0.15) is 11.6 Å². The Morgan fingerprint density at radius 1 is 1.21 bits per heavy atom. The van der Waals surface area contributed by atoms with Gasteiger partial charge in [-0.15, -0.1) is 10.2 Å². The maximum Gasteiger partial charge on any atom is 0.146 e. The van der Waals surface area contributed by atoms with Crippen molar-refractivity contribution in [3.8, 4) is 0 Å². The summed E-state index contributed by atoms with van der Waals surface area (Å²) in [5, 5.41) is 8.25. The van der Waals surface area contributed by atoms with Gasteiger partial charge in [0.05, 0.1) is 6.54 Å². The molecular weight excluding hydrogens is 176 g/mol. The van der Waals surface area contributed by atoms with Crippen molar-refractivity contribution in [1.29, 1.82) is 0 Å². The fraction of sp³-hybridized carbons (Fsp3) is 0.800. The van der Waals surface area contributed by atoms with Crippen molar-refractivity contribution < 1.29 is 0 Å². The number of hydrogen-bond donors (Lipinski definition) is 1. The lowest BCUT2D eigenvalue weighted by Gasteiger charge is -2.17. The highest BCUT2D eigenvalue weighted by Gasteiger charge is 2.17. The lowest BCUT2D eigenvalue weighted by molar-refractivity contribution is 0.391. The first-order valence-corrected chi connectivity index (χ1v) is 5.09. The SMILES string of the molecule is CCn1c(CN)nnc1CC(C)(C)C. The van der Waals surface area contributed by atoms with Gasteiger partial charge in [0, 0.05) is 13.0 Å². The third kappa shape index (κ3) is 2.54. The molecule has 4 heteroatoms. The summed E-state index contributed by atoms with van der Waals surface area (Å²) in [5.74, 6) is 1.92. The average Bonchev–Trinajstić information content (AvgIpc) is 2.43. The van der Waals surface area contributed by atoms with Crippen LogP contribution in [0, 0.1) is 5.41 Å². The molecule has 0 atom stereocenters. The number of hydrogen-bond acceptors (Lipinski definition) is 3. The molecule has 1 aromatic rings. The van der Waals surface area contributed by atoms with E-state index in [9.17, 15) is 0 Å². The predicted molar refractivity (Wildman–Crippen MR) is 56.7 cm³/mol. The quantitative estimate of drug-likeness (QED) is 0.793. The zero-order valence-corrected chi connectivity index (χ0v) is 9.54. The van der Waals surface area contributed by atoms with E-state index in [1.54, 1.807) is 0 Å². The van der Waals surface area contributed by atoms with E-state index in [-0.39, 0.29) is 5.41 Å². The minimum Gasteiger partial charge on any atom is -0.324 e. The maximum atomic E-state index is 5.58. The van der Waals surface area contributed by atoms with Gasteiger partial charge in [-0.25, -0.2) is 0 Å². The van der Waals surface area contributed by atoms with Crippen molar-refractivity contribution >= 4 is 0 Å². The van der Waals surface area contributed by atoms with Crippen molar-refractivity contribution in [3.63, 3.8) is 0 Å². The monoisotopic (exact) mass is 196 g/mol. The third-order valence-electron chi connectivity index (χ3n) is 2.09. The van der Waals surface area contributed by atoms with Gasteiger partial charge in [-0.05, 0) is 12.3 Å². The Bertz CT molecular complexity index is 296. The van der Waals surface area contributed by atoms with Gasteiger partial charge in [-0.3, -0.25) is 0 Å². The van der Waals surface area contributed by atoms with Crippen molar-refractivity contribution in [2.45, 2.75) is 47.2 Å². The molecule has 1 heterocycles. The summed E-state index contributed by atoms with van der Waals surface area (Å²) in [4.78, 5) is 0. The van der Waals surface area contributed by atoms with E-state index >= 15 is 0 Å². The van der Waals surface area contributed by atoms with Crippen molar-refractivity contribution in [2.24, 2.45) is 11.1 Å². The Morgan fingerprint density at radius 2 is 1.79 bits per heavy atom. The zero-order valence-electron chi connectivity index (χ0n) is 9.54. The summed E-state index contributed by atoms with van der Waals surface area (Å²) in [7, 11) is 0. The molecule has 1 rings (SSSR count). The van der Waals surface area contributed by atoms with Gasteiger partial charge in [-0.1, -0.05) is 20.8 Å². The van der Waals surface area contributed by atoms with E-state index in [4.69, 9.17) is 5.73 Å². The van der Waals surface area contributed by atoms with Crippen LogP contribution in [0.2, 0.25) is 0 Å². The summed E-state index contributed by atoms with van der Waals surface area (Å²) in [6.45, 7) is 10.0. The van der Waals surface area contributed by atoms with E-state index in [1.807, 2.05) is 0 Å². The molecule has 0 fully saturated rings. The molecule has 2 N–H and O–H groups in total. The molecule has 0 aliphatic rings. The molecule has 80 valence electrons. The zero-order chi connectivity index (χ0) is 10.8. The van der Waals surface area contributed by atoms with Crippen LogP contribution in [0.15, 0.2) is 0 Å². The van der Waals surface area contributed by atoms with Crippen LogP contribution in [0.5, 0.6) is 0 Å². The Hall–Kier alpha value is -0.900. The third-order valence-corrected chi connectivity index (χ3v) is 2.09. The highest BCUT2D eigenvalue weighted by atomic mass is 15.3. The summed E-state index contributed by atoms with van der Waals surface area (Å²) >= 11 is 0. The minimum absolute atomic E-state index is 0.242. The number of rotatable bonds is 3. The second kappa shape index (κ2) is 4.09. The maximum absolute atomic E-state index is 5.58.